The lowest BCUT2D eigenvalue weighted by Crippen LogP contribution is -2.45. The first-order chi connectivity index (χ1) is 16.2. The zero-order chi connectivity index (χ0) is 22.4. The molecule has 33 heavy (non-hydrogen) atoms. The molecule has 6 rings (SSSR count). The van der Waals surface area contributed by atoms with Crippen molar-refractivity contribution in [2.45, 2.75) is 57.0 Å². The van der Waals surface area contributed by atoms with Crippen LogP contribution in [0.15, 0.2) is 54.7 Å². The molecule has 0 radical (unpaired) electrons. The first-order valence-corrected chi connectivity index (χ1v) is 12.5. The van der Waals surface area contributed by atoms with Crippen LogP contribution in [0, 0.1) is 12.8 Å². The van der Waals surface area contributed by atoms with E-state index in [-0.39, 0.29) is 12.0 Å². The predicted molar refractivity (Wildman–Crippen MR) is 131 cm³/mol. The molecule has 4 heteroatoms. The SMILES string of the molecule is Cc1c(-c2ccc(C3(C4CCN(C(=O)[C@H]5CCCO5)CC4)CC3)cc2)ccc2cccnc12. The molecular weight excluding hydrogens is 408 g/mol. The summed E-state index contributed by atoms with van der Waals surface area (Å²) in [5.74, 6) is 0.892. The van der Waals surface area contributed by atoms with Crippen molar-refractivity contribution in [3.05, 3.63) is 65.9 Å². The van der Waals surface area contributed by atoms with Gasteiger partial charge in [0.05, 0.1) is 5.52 Å². The first kappa shape index (κ1) is 20.9. The number of piperidine rings is 1. The van der Waals surface area contributed by atoms with E-state index in [1.54, 1.807) is 0 Å². The molecule has 0 bridgehead atoms. The van der Waals surface area contributed by atoms with Crippen molar-refractivity contribution in [2.24, 2.45) is 5.92 Å². The van der Waals surface area contributed by atoms with E-state index in [1.807, 2.05) is 12.3 Å². The topological polar surface area (TPSA) is 42.4 Å². The second-order valence-corrected chi connectivity index (χ2v) is 10.1. The van der Waals surface area contributed by atoms with Gasteiger partial charge in [-0.1, -0.05) is 42.5 Å². The Morgan fingerprint density at radius 1 is 1.03 bits per heavy atom. The summed E-state index contributed by atoms with van der Waals surface area (Å²) in [4.78, 5) is 19.4. The number of nitrogens with zero attached hydrogens (tertiary/aromatic N) is 2. The number of hydrogen-bond donors (Lipinski definition) is 0. The van der Waals surface area contributed by atoms with E-state index in [4.69, 9.17) is 4.74 Å². The summed E-state index contributed by atoms with van der Waals surface area (Å²) in [6.45, 7) is 4.67. The molecule has 2 aromatic carbocycles. The molecule has 1 aliphatic carbocycles. The minimum absolute atomic E-state index is 0.183. The molecule has 3 aliphatic rings. The fourth-order valence-corrected chi connectivity index (χ4v) is 6.28. The number of aromatic nitrogens is 1. The lowest BCUT2D eigenvalue weighted by molar-refractivity contribution is -0.142. The molecule has 0 spiro atoms. The number of carbonyl (C=O) groups is 1. The van der Waals surface area contributed by atoms with Gasteiger partial charge >= 0.3 is 0 Å². The molecule has 2 aliphatic heterocycles. The maximum absolute atomic E-state index is 12.7. The van der Waals surface area contributed by atoms with Gasteiger partial charge in [0.2, 0.25) is 0 Å². The highest BCUT2D eigenvalue weighted by molar-refractivity contribution is 5.88. The molecule has 2 saturated heterocycles. The summed E-state index contributed by atoms with van der Waals surface area (Å²) in [6.07, 6.45) is 8.36. The average Bonchev–Trinajstić information content (AvgIpc) is 3.50. The number of aryl methyl sites for hydroxylation is 1. The van der Waals surface area contributed by atoms with Crippen LogP contribution >= 0.6 is 0 Å². The smallest absolute Gasteiger partial charge is 0.251 e. The fraction of sp³-hybridized carbons (Fsp3) is 0.448. The number of likely N-dealkylation sites (tertiary alicyclic amines) is 1. The third kappa shape index (κ3) is 3.65. The minimum Gasteiger partial charge on any atom is -0.368 e. The largest absolute Gasteiger partial charge is 0.368 e. The second kappa shape index (κ2) is 8.25. The van der Waals surface area contributed by atoms with Crippen LogP contribution in [0.1, 0.15) is 49.7 Å². The number of pyridine rings is 1. The van der Waals surface area contributed by atoms with Crippen LogP contribution in [0.2, 0.25) is 0 Å². The third-order valence-electron chi connectivity index (χ3n) is 8.38. The fourth-order valence-electron chi connectivity index (χ4n) is 6.28. The molecule has 1 saturated carbocycles. The van der Waals surface area contributed by atoms with Crippen LogP contribution in [0.4, 0.5) is 0 Å². The minimum atomic E-state index is -0.183. The Bertz CT molecular complexity index is 1170. The van der Waals surface area contributed by atoms with E-state index in [1.165, 1.54) is 40.5 Å². The van der Waals surface area contributed by atoms with Crippen molar-refractivity contribution in [2.75, 3.05) is 19.7 Å². The molecule has 3 aromatic rings. The van der Waals surface area contributed by atoms with Gasteiger partial charge in [-0.05, 0) is 85.1 Å². The molecule has 0 unspecified atom stereocenters. The van der Waals surface area contributed by atoms with Gasteiger partial charge in [-0.3, -0.25) is 9.78 Å². The van der Waals surface area contributed by atoms with E-state index < -0.39 is 0 Å². The van der Waals surface area contributed by atoms with Gasteiger partial charge in [0.25, 0.3) is 5.91 Å². The molecule has 3 fully saturated rings. The monoisotopic (exact) mass is 440 g/mol. The van der Waals surface area contributed by atoms with E-state index in [0.29, 0.717) is 11.3 Å². The quantitative estimate of drug-likeness (QED) is 0.526. The van der Waals surface area contributed by atoms with Crippen LogP contribution in [0.25, 0.3) is 22.0 Å². The highest BCUT2D eigenvalue weighted by atomic mass is 16.5. The third-order valence-corrected chi connectivity index (χ3v) is 8.38. The molecule has 0 N–H and O–H groups in total. The van der Waals surface area contributed by atoms with E-state index in [0.717, 1.165) is 50.9 Å². The Labute approximate surface area is 196 Å². The number of fused-ring (bicyclic) bond motifs is 1. The summed E-state index contributed by atoms with van der Waals surface area (Å²) < 4.78 is 5.63. The van der Waals surface area contributed by atoms with Gasteiger partial charge in [0, 0.05) is 31.3 Å². The normalized spacial score (nSPS) is 22.6. The number of carbonyl (C=O) groups excluding carboxylic acids is 1. The molecule has 170 valence electrons. The van der Waals surface area contributed by atoms with Crippen molar-refractivity contribution < 1.29 is 9.53 Å². The summed E-state index contributed by atoms with van der Waals surface area (Å²) >= 11 is 0. The molecular formula is C29H32N2O2. The Balaban J connectivity index is 1.17. The summed E-state index contributed by atoms with van der Waals surface area (Å²) in [6, 6.07) is 17.8. The van der Waals surface area contributed by atoms with Gasteiger partial charge in [0.15, 0.2) is 0 Å². The van der Waals surface area contributed by atoms with Crippen LogP contribution in [-0.2, 0) is 14.9 Å². The highest BCUT2D eigenvalue weighted by Gasteiger charge is 2.51. The zero-order valence-electron chi connectivity index (χ0n) is 19.4. The van der Waals surface area contributed by atoms with Gasteiger partial charge < -0.3 is 9.64 Å². The van der Waals surface area contributed by atoms with Crippen molar-refractivity contribution in [1.29, 1.82) is 0 Å². The number of ether oxygens (including phenoxy) is 1. The van der Waals surface area contributed by atoms with Gasteiger partial charge in [-0.15, -0.1) is 0 Å². The molecule has 1 atom stereocenters. The molecule has 4 nitrogen and oxygen atoms in total. The van der Waals surface area contributed by atoms with Gasteiger partial charge in [0.1, 0.15) is 6.10 Å². The first-order valence-electron chi connectivity index (χ1n) is 12.5. The molecule has 3 heterocycles. The summed E-state index contributed by atoms with van der Waals surface area (Å²) in [7, 11) is 0. The highest BCUT2D eigenvalue weighted by Crippen LogP contribution is 2.57. The number of hydrogen-bond acceptors (Lipinski definition) is 3. The van der Waals surface area contributed by atoms with Crippen molar-refractivity contribution in [1.82, 2.24) is 9.88 Å². The van der Waals surface area contributed by atoms with Gasteiger partial charge in [-0.2, -0.15) is 0 Å². The Morgan fingerprint density at radius 2 is 1.82 bits per heavy atom. The maximum atomic E-state index is 12.7. The average molecular weight is 441 g/mol. The number of rotatable bonds is 4. The van der Waals surface area contributed by atoms with Crippen molar-refractivity contribution in [3.63, 3.8) is 0 Å². The maximum Gasteiger partial charge on any atom is 0.251 e. The van der Waals surface area contributed by atoms with Crippen LogP contribution in [0.3, 0.4) is 0 Å². The Hall–Kier alpha value is -2.72. The van der Waals surface area contributed by atoms with Gasteiger partial charge in [-0.25, -0.2) is 0 Å². The lowest BCUT2D eigenvalue weighted by atomic mass is 9.76. The second-order valence-electron chi connectivity index (χ2n) is 10.1. The van der Waals surface area contributed by atoms with Crippen LogP contribution < -0.4 is 0 Å². The van der Waals surface area contributed by atoms with E-state index >= 15 is 0 Å². The van der Waals surface area contributed by atoms with Crippen molar-refractivity contribution >= 4 is 16.8 Å². The summed E-state index contributed by atoms with van der Waals surface area (Å²) in [5, 5.41) is 1.19. The number of benzene rings is 2. The van der Waals surface area contributed by atoms with Crippen LogP contribution in [0.5, 0.6) is 0 Å². The van der Waals surface area contributed by atoms with Crippen LogP contribution in [-0.4, -0.2) is 41.6 Å². The lowest BCUT2D eigenvalue weighted by Gasteiger charge is -2.37. The zero-order valence-corrected chi connectivity index (χ0v) is 19.4. The Kier molecular flexibility index (Phi) is 5.21. The number of amides is 1. The van der Waals surface area contributed by atoms with Crippen molar-refractivity contribution in [3.8, 4) is 11.1 Å². The Morgan fingerprint density at radius 3 is 2.52 bits per heavy atom. The van der Waals surface area contributed by atoms with E-state index in [2.05, 4.69) is 59.3 Å². The van der Waals surface area contributed by atoms with E-state index in [9.17, 15) is 4.79 Å². The molecule has 1 amide bonds. The summed E-state index contributed by atoms with van der Waals surface area (Å²) in [5.41, 5.74) is 6.64. The predicted octanol–water partition coefficient (Wildman–Crippen LogP) is 5.66. The standard InChI is InChI=1S/C29H32N2O2/c1-20-25(11-8-22-4-2-16-30-27(20)22)21-6-9-23(10-7-21)29(14-15-29)24-12-17-31(18-13-24)28(32)26-5-3-19-33-26/h2,4,6-11,16,24,26H,3,5,12-15,17-19H2,1H3/t26-/m1/s1. The molecule has 1 aromatic heterocycles.